The van der Waals surface area contributed by atoms with E-state index in [-0.39, 0.29) is 5.91 Å². The molecule has 1 aliphatic rings. The van der Waals surface area contributed by atoms with Crippen LogP contribution in [0.1, 0.15) is 22.5 Å². The zero-order valence-corrected chi connectivity index (χ0v) is 11.6. The lowest BCUT2D eigenvalue weighted by Gasteiger charge is -2.13. The summed E-state index contributed by atoms with van der Waals surface area (Å²) in [4.78, 5) is 12.2. The van der Waals surface area contributed by atoms with Crippen molar-refractivity contribution in [3.8, 4) is 11.5 Å². The first-order valence-electron chi connectivity index (χ1n) is 6.69. The number of furan rings is 1. The van der Waals surface area contributed by atoms with Crippen LogP contribution in [0.5, 0.6) is 11.5 Å². The predicted molar refractivity (Wildman–Crippen MR) is 77.9 cm³/mol. The van der Waals surface area contributed by atoms with Crippen LogP contribution in [0.2, 0.25) is 0 Å². The van der Waals surface area contributed by atoms with Crippen LogP contribution in [0.25, 0.3) is 0 Å². The predicted octanol–water partition coefficient (Wildman–Crippen LogP) is 2.58. The van der Waals surface area contributed by atoms with E-state index in [1.165, 1.54) is 6.26 Å². The standard InChI is InChI=1S/C15H16N2O4/c1-9-10(3-6-19-9)15(18)17-12-8-14-13(7-11(12)16)20-4-2-5-21-14/h3,6-8H,2,4-5,16H2,1H3,(H,17,18). The third-order valence-electron chi connectivity index (χ3n) is 3.27. The second kappa shape index (κ2) is 5.40. The van der Waals surface area contributed by atoms with Gasteiger partial charge in [0.15, 0.2) is 11.5 Å². The topological polar surface area (TPSA) is 86.7 Å². The van der Waals surface area contributed by atoms with Crippen molar-refractivity contribution in [1.29, 1.82) is 0 Å². The summed E-state index contributed by atoms with van der Waals surface area (Å²) in [6.45, 7) is 2.89. The molecule has 3 N–H and O–H groups in total. The smallest absolute Gasteiger partial charge is 0.259 e. The highest BCUT2D eigenvalue weighted by Gasteiger charge is 2.17. The number of aryl methyl sites for hydroxylation is 1. The molecule has 3 rings (SSSR count). The van der Waals surface area contributed by atoms with Crippen LogP contribution < -0.4 is 20.5 Å². The molecule has 0 spiro atoms. The van der Waals surface area contributed by atoms with E-state index in [0.717, 1.165) is 6.42 Å². The molecule has 1 aromatic carbocycles. The van der Waals surface area contributed by atoms with Crippen LogP contribution >= 0.6 is 0 Å². The summed E-state index contributed by atoms with van der Waals surface area (Å²) in [5.41, 5.74) is 7.35. The summed E-state index contributed by atoms with van der Waals surface area (Å²) < 4.78 is 16.3. The highest BCUT2D eigenvalue weighted by Crippen LogP contribution is 2.36. The second-order valence-corrected chi connectivity index (χ2v) is 4.78. The van der Waals surface area contributed by atoms with Crippen molar-refractivity contribution in [2.45, 2.75) is 13.3 Å². The summed E-state index contributed by atoms with van der Waals surface area (Å²) in [6, 6.07) is 4.96. The fraction of sp³-hybridized carbons (Fsp3) is 0.267. The number of carbonyl (C=O) groups excluding carboxylic acids is 1. The van der Waals surface area contributed by atoms with E-state index in [4.69, 9.17) is 19.6 Å². The molecule has 2 aromatic rings. The van der Waals surface area contributed by atoms with Crippen LogP contribution in [0, 0.1) is 6.92 Å². The Morgan fingerprint density at radius 3 is 2.62 bits per heavy atom. The van der Waals surface area contributed by atoms with Gasteiger partial charge in [0.1, 0.15) is 5.76 Å². The van der Waals surface area contributed by atoms with E-state index in [0.29, 0.717) is 47.4 Å². The molecular formula is C15H16N2O4. The number of nitrogens with two attached hydrogens (primary N) is 1. The lowest BCUT2D eigenvalue weighted by Crippen LogP contribution is -2.13. The van der Waals surface area contributed by atoms with Crippen molar-refractivity contribution in [2.75, 3.05) is 24.3 Å². The number of ether oxygens (including phenoxy) is 2. The summed E-state index contributed by atoms with van der Waals surface area (Å²) in [5, 5.41) is 2.76. The van der Waals surface area contributed by atoms with Crippen molar-refractivity contribution in [3.05, 3.63) is 35.8 Å². The van der Waals surface area contributed by atoms with Crippen molar-refractivity contribution in [3.63, 3.8) is 0 Å². The van der Waals surface area contributed by atoms with Gasteiger partial charge in [-0.1, -0.05) is 0 Å². The average Bonchev–Trinajstić information content (AvgIpc) is 2.75. The van der Waals surface area contributed by atoms with Gasteiger partial charge in [-0.2, -0.15) is 0 Å². The molecule has 0 unspecified atom stereocenters. The molecule has 1 aliphatic heterocycles. The monoisotopic (exact) mass is 288 g/mol. The van der Waals surface area contributed by atoms with E-state index < -0.39 is 0 Å². The maximum atomic E-state index is 12.2. The first-order chi connectivity index (χ1) is 10.1. The highest BCUT2D eigenvalue weighted by atomic mass is 16.5. The maximum absolute atomic E-state index is 12.2. The number of benzene rings is 1. The average molecular weight is 288 g/mol. The minimum atomic E-state index is -0.276. The molecule has 0 bridgehead atoms. The minimum Gasteiger partial charge on any atom is -0.489 e. The van der Waals surface area contributed by atoms with Crippen molar-refractivity contribution in [1.82, 2.24) is 0 Å². The maximum Gasteiger partial charge on any atom is 0.259 e. The Hall–Kier alpha value is -2.63. The number of amides is 1. The first-order valence-corrected chi connectivity index (χ1v) is 6.69. The molecule has 0 fully saturated rings. The molecule has 6 nitrogen and oxygen atoms in total. The SMILES string of the molecule is Cc1occc1C(=O)Nc1cc2c(cc1N)OCCCO2. The summed E-state index contributed by atoms with van der Waals surface area (Å²) in [6.07, 6.45) is 2.28. The Bertz CT molecular complexity index is 678. The number of fused-ring (bicyclic) bond motifs is 1. The highest BCUT2D eigenvalue weighted by molar-refractivity contribution is 6.06. The molecule has 0 saturated carbocycles. The third-order valence-corrected chi connectivity index (χ3v) is 3.27. The lowest BCUT2D eigenvalue weighted by molar-refractivity contribution is 0.102. The van der Waals surface area contributed by atoms with Crippen LogP contribution in [0.4, 0.5) is 11.4 Å². The van der Waals surface area contributed by atoms with Crippen molar-refractivity contribution < 1.29 is 18.7 Å². The van der Waals surface area contributed by atoms with E-state index in [1.54, 1.807) is 25.1 Å². The Labute approximate surface area is 121 Å². The van der Waals surface area contributed by atoms with Crippen LogP contribution in [-0.2, 0) is 0 Å². The molecule has 0 atom stereocenters. The van der Waals surface area contributed by atoms with Gasteiger partial charge in [0, 0.05) is 18.6 Å². The van der Waals surface area contributed by atoms with E-state index in [1.807, 2.05) is 0 Å². The van der Waals surface area contributed by atoms with E-state index in [9.17, 15) is 4.79 Å². The quantitative estimate of drug-likeness (QED) is 0.829. The normalized spacial score (nSPS) is 13.6. The molecule has 1 aromatic heterocycles. The number of rotatable bonds is 2. The molecule has 1 amide bonds. The van der Waals surface area contributed by atoms with E-state index in [2.05, 4.69) is 5.32 Å². The van der Waals surface area contributed by atoms with Gasteiger partial charge in [0.25, 0.3) is 5.91 Å². The molecule has 2 heterocycles. The third kappa shape index (κ3) is 2.65. The summed E-state index contributed by atoms with van der Waals surface area (Å²) >= 11 is 0. The zero-order chi connectivity index (χ0) is 14.8. The number of nitrogen functional groups attached to an aromatic ring is 1. The lowest BCUT2D eigenvalue weighted by atomic mass is 10.2. The summed E-state index contributed by atoms with van der Waals surface area (Å²) in [7, 11) is 0. The molecule has 110 valence electrons. The van der Waals surface area contributed by atoms with Crippen LogP contribution in [-0.4, -0.2) is 19.1 Å². The zero-order valence-electron chi connectivity index (χ0n) is 11.6. The number of hydrogen-bond donors (Lipinski definition) is 2. The number of nitrogens with one attached hydrogen (secondary N) is 1. The molecule has 21 heavy (non-hydrogen) atoms. The molecule has 6 heteroatoms. The Balaban J connectivity index is 1.87. The number of carbonyl (C=O) groups is 1. The van der Waals surface area contributed by atoms with Crippen molar-refractivity contribution in [2.24, 2.45) is 0 Å². The van der Waals surface area contributed by atoms with Crippen molar-refractivity contribution >= 4 is 17.3 Å². The summed E-state index contributed by atoms with van der Waals surface area (Å²) in [5.74, 6) is 1.46. The minimum absolute atomic E-state index is 0.276. The van der Waals surface area contributed by atoms with Gasteiger partial charge in [0.2, 0.25) is 0 Å². The second-order valence-electron chi connectivity index (χ2n) is 4.78. The number of hydrogen-bond acceptors (Lipinski definition) is 5. The van der Waals surface area contributed by atoms with Crippen LogP contribution in [0.3, 0.4) is 0 Å². The molecule has 0 radical (unpaired) electrons. The van der Waals surface area contributed by atoms with Gasteiger partial charge in [-0.25, -0.2) is 0 Å². The molecule has 0 saturated heterocycles. The Morgan fingerprint density at radius 2 is 1.95 bits per heavy atom. The van der Waals surface area contributed by atoms with Gasteiger partial charge in [-0.15, -0.1) is 0 Å². The first kappa shape index (κ1) is 13.4. The number of anilines is 2. The largest absolute Gasteiger partial charge is 0.489 e. The van der Waals surface area contributed by atoms with Gasteiger partial charge >= 0.3 is 0 Å². The van der Waals surface area contributed by atoms with Gasteiger partial charge in [0.05, 0.1) is 36.4 Å². The fourth-order valence-electron chi connectivity index (χ4n) is 2.14. The van der Waals surface area contributed by atoms with Gasteiger partial charge in [-0.3, -0.25) is 4.79 Å². The van der Waals surface area contributed by atoms with E-state index >= 15 is 0 Å². The molecular weight excluding hydrogens is 272 g/mol. The fourth-order valence-corrected chi connectivity index (χ4v) is 2.14. The van der Waals surface area contributed by atoms with Crippen LogP contribution in [0.15, 0.2) is 28.9 Å². The van der Waals surface area contributed by atoms with Gasteiger partial charge < -0.3 is 24.9 Å². The Kier molecular flexibility index (Phi) is 3.43. The molecule has 0 aliphatic carbocycles. The van der Waals surface area contributed by atoms with Gasteiger partial charge in [-0.05, 0) is 13.0 Å². The Morgan fingerprint density at radius 1 is 1.24 bits per heavy atom.